The Labute approximate surface area is 211 Å². The van der Waals surface area contributed by atoms with Crippen molar-refractivity contribution in [3.8, 4) is 22.3 Å². The largest absolute Gasteiger partial charge is 0.0622 e. The first-order valence-corrected chi connectivity index (χ1v) is 13.8. The fraction of sp³-hybridized carbons (Fsp3) is 0.118. The van der Waals surface area contributed by atoms with Crippen molar-refractivity contribution in [2.24, 2.45) is 0 Å². The van der Waals surface area contributed by atoms with Crippen LogP contribution >= 0.6 is 7.92 Å². The lowest BCUT2D eigenvalue weighted by Gasteiger charge is -2.24. The first kappa shape index (κ1) is 23.3. The van der Waals surface area contributed by atoms with Gasteiger partial charge in [-0.3, -0.25) is 0 Å². The van der Waals surface area contributed by atoms with Gasteiger partial charge in [-0.15, -0.1) is 0 Å². The molecule has 1 heteroatoms. The van der Waals surface area contributed by atoms with Gasteiger partial charge in [-0.05, 0) is 89.9 Å². The Balaban J connectivity index is 1.67. The van der Waals surface area contributed by atoms with Crippen LogP contribution < -0.4 is 10.6 Å². The molecule has 0 atom stereocenters. The minimum Gasteiger partial charge on any atom is -0.0622 e. The summed E-state index contributed by atoms with van der Waals surface area (Å²) >= 11 is 0. The van der Waals surface area contributed by atoms with Crippen LogP contribution in [0, 0.1) is 20.8 Å². The second kappa shape index (κ2) is 10.4. The molecule has 0 radical (unpaired) electrons. The van der Waals surface area contributed by atoms with Crippen molar-refractivity contribution in [1.29, 1.82) is 0 Å². The molecule has 5 aromatic rings. The molecule has 0 aliphatic rings. The third-order valence-electron chi connectivity index (χ3n) is 6.79. The summed E-state index contributed by atoms with van der Waals surface area (Å²) in [7, 11) is -0.530. The Hall–Kier alpha value is -3.47. The summed E-state index contributed by atoms with van der Waals surface area (Å²) in [6.45, 7) is 6.78. The number of rotatable bonds is 6. The van der Waals surface area contributed by atoms with E-state index in [0.29, 0.717) is 0 Å². The maximum Gasteiger partial charge on any atom is 0.00105 e. The lowest BCUT2D eigenvalue weighted by Crippen LogP contribution is -2.18. The van der Waals surface area contributed by atoms with Crippen LogP contribution in [0.15, 0.2) is 121 Å². The average molecular weight is 471 g/mol. The Morgan fingerprint density at radius 2 is 0.886 bits per heavy atom. The molecule has 0 unspecified atom stereocenters. The van der Waals surface area contributed by atoms with Gasteiger partial charge in [0.1, 0.15) is 0 Å². The molecule has 0 heterocycles. The molecule has 0 spiro atoms. The molecular weight excluding hydrogens is 439 g/mol. The zero-order chi connectivity index (χ0) is 24.2. The second-order valence-electron chi connectivity index (χ2n) is 9.22. The van der Waals surface area contributed by atoms with Crippen LogP contribution in [-0.4, -0.2) is 0 Å². The van der Waals surface area contributed by atoms with Crippen molar-refractivity contribution in [2.45, 2.75) is 26.9 Å². The zero-order valence-electron chi connectivity index (χ0n) is 20.7. The number of aryl methyl sites for hydroxylation is 3. The summed E-state index contributed by atoms with van der Waals surface area (Å²) in [5, 5.41) is 2.95. The molecule has 0 saturated heterocycles. The van der Waals surface area contributed by atoms with Crippen LogP contribution in [0.4, 0.5) is 0 Å². The first-order chi connectivity index (χ1) is 17.1. The molecule has 0 amide bonds. The first-order valence-electron chi connectivity index (χ1n) is 12.2. The Morgan fingerprint density at radius 1 is 0.457 bits per heavy atom. The van der Waals surface area contributed by atoms with Crippen LogP contribution in [0.3, 0.4) is 0 Å². The zero-order valence-corrected chi connectivity index (χ0v) is 21.6. The van der Waals surface area contributed by atoms with Gasteiger partial charge in [0, 0.05) is 6.16 Å². The lowest BCUT2D eigenvalue weighted by molar-refractivity contribution is 1.30. The van der Waals surface area contributed by atoms with Gasteiger partial charge in [0.25, 0.3) is 0 Å². The van der Waals surface area contributed by atoms with Crippen molar-refractivity contribution in [1.82, 2.24) is 0 Å². The monoisotopic (exact) mass is 470 g/mol. The van der Waals surface area contributed by atoms with E-state index in [1.165, 1.54) is 55.1 Å². The van der Waals surface area contributed by atoms with Gasteiger partial charge >= 0.3 is 0 Å². The molecule has 0 bridgehead atoms. The minimum absolute atomic E-state index is 0.530. The lowest BCUT2D eigenvalue weighted by atomic mass is 9.91. The molecule has 172 valence electrons. The highest BCUT2D eigenvalue weighted by Gasteiger charge is 2.20. The van der Waals surface area contributed by atoms with Crippen LogP contribution in [0.25, 0.3) is 22.3 Å². The molecule has 0 aliphatic carbocycles. The van der Waals surface area contributed by atoms with Crippen LogP contribution in [-0.2, 0) is 6.16 Å². The number of benzene rings is 5. The van der Waals surface area contributed by atoms with Gasteiger partial charge in [0.05, 0.1) is 0 Å². The van der Waals surface area contributed by atoms with Crippen molar-refractivity contribution in [3.05, 3.63) is 144 Å². The minimum atomic E-state index is -0.530. The van der Waals surface area contributed by atoms with E-state index in [2.05, 4.69) is 142 Å². The van der Waals surface area contributed by atoms with Gasteiger partial charge in [0.2, 0.25) is 0 Å². The molecule has 0 aromatic heterocycles. The van der Waals surface area contributed by atoms with Crippen LogP contribution in [0.5, 0.6) is 0 Å². The predicted octanol–water partition coefficient (Wildman–Crippen LogP) is 8.58. The molecular formula is C34H31P. The second-order valence-corrected chi connectivity index (χ2v) is 11.4. The van der Waals surface area contributed by atoms with Gasteiger partial charge in [-0.1, -0.05) is 115 Å². The Morgan fingerprint density at radius 3 is 1.37 bits per heavy atom. The predicted molar refractivity (Wildman–Crippen MR) is 154 cm³/mol. The maximum absolute atomic E-state index is 2.46. The fourth-order valence-corrected chi connectivity index (χ4v) is 7.65. The molecule has 5 aromatic carbocycles. The van der Waals surface area contributed by atoms with E-state index in [1.807, 2.05) is 0 Å². The van der Waals surface area contributed by atoms with E-state index in [9.17, 15) is 0 Å². The van der Waals surface area contributed by atoms with Crippen molar-refractivity contribution in [3.63, 3.8) is 0 Å². The average Bonchev–Trinajstić information content (AvgIpc) is 2.90. The molecule has 35 heavy (non-hydrogen) atoms. The highest BCUT2D eigenvalue weighted by molar-refractivity contribution is 7.72. The number of hydrogen-bond donors (Lipinski definition) is 0. The SMILES string of the molecule is Cc1cc(-c2ccccc2)c(-c2ccccc2)cc1CP(c1ccccc1C)c1ccccc1C. The van der Waals surface area contributed by atoms with Gasteiger partial charge in [-0.25, -0.2) is 0 Å². The number of hydrogen-bond acceptors (Lipinski definition) is 0. The third kappa shape index (κ3) is 5.00. The van der Waals surface area contributed by atoms with E-state index >= 15 is 0 Å². The molecule has 0 aliphatic heterocycles. The summed E-state index contributed by atoms with van der Waals surface area (Å²) in [6, 6.07) is 44.3. The van der Waals surface area contributed by atoms with Gasteiger partial charge in [-0.2, -0.15) is 0 Å². The molecule has 0 N–H and O–H groups in total. The normalized spacial score (nSPS) is 11.1. The maximum atomic E-state index is 2.46. The standard InChI is InChI=1S/C34H31P/c1-25-14-10-12-20-33(25)35(34-21-13-11-15-26(34)2)24-30-23-32(29-18-8-5-9-19-29)31(22-27(30)3)28-16-6-4-7-17-28/h4-23H,24H2,1-3H3. The molecule has 0 nitrogen and oxygen atoms in total. The van der Waals surface area contributed by atoms with E-state index < -0.39 is 7.92 Å². The fourth-order valence-electron chi connectivity index (χ4n) is 4.84. The highest BCUT2D eigenvalue weighted by Crippen LogP contribution is 2.43. The van der Waals surface area contributed by atoms with Crippen molar-refractivity contribution >= 4 is 18.5 Å². The Kier molecular flexibility index (Phi) is 6.94. The van der Waals surface area contributed by atoms with E-state index in [1.54, 1.807) is 0 Å². The molecule has 0 saturated carbocycles. The van der Waals surface area contributed by atoms with E-state index in [0.717, 1.165) is 6.16 Å². The van der Waals surface area contributed by atoms with Crippen molar-refractivity contribution < 1.29 is 0 Å². The smallest absolute Gasteiger partial charge is 0.00105 e. The summed E-state index contributed by atoms with van der Waals surface area (Å²) in [4.78, 5) is 0. The molecule has 5 rings (SSSR count). The highest BCUT2D eigenvalue weighted by atomic mass is 31.1. The summed E-state index contributed by atoms with van der Waals surface area (Å²) in [5.41, 5.74) is 10.7. The third-order valence-corrected chi connectivity index (χ3v) is 9.61. The summed E-state index contributed by atoms with van der Waals surface area (Å²) in [6.07, 6.45) is 1.03. The van der Waals surface area contributed by atoms with Gasteiger partial charge < -0.3 is 0 Å². The van der Waals surface area contributed by atoms with Gasteiger partial charge in [0.15, 0.2) is 0 Å². The molecule has 0 fully saturated rings. The van der Waals surface area contributed by atoms with Crippen LogP contribution in [0.2, 0.25) is 0 Å². The van der Waals surface area contributed by atoms with Crippen molar-refractivity contribution in [2.75, 3.05) is 0 Å². The van der Waals surface area contributed by atoms with E-state index in [-0.39, 0.29) is 0 Å². The topological polar surface area (TPSA) is 0 Å². The quantitative estimate of drug-likeness (QED) is 0.218. The summed E-state index contributed by atoms with van der Waals surface area (Å²) < 4.78 is 0. The van der Waals surface area contributed by atoms with Crippen LogP contribution in [0.1, 0.15) is 22.3 Å². The van der Waals surface area contributed by atoms with E-state index in [4.69, 9.17) is 0 Å². The Bertz CT molecular complexity index is 1390. The summed E-state index contributed by atoms with van der Waals surface area (Å²) in [5.74, 6) is 0.